The molecule has 0 aromatic heterocycles. The Morgan fingerprint density at radius 2 is 1.80 bits per heavy atom. The van der Waals surface area contributed by atoms with Gasteiger partial charge >= 0.3 is 0 Å². The summed E-state index contributed by atoms with van der Waals surface area (Å²) in [5.41, 5.74) is 0. The van der Waals surface area contributed by atoms with Crippen LogP contribution in [-0.2, 0) is 4.74 Å². The molecular weight excluding hydrogens is 260 g/mol. The third-order valence-electron chi connectivity index (χ3n) is 4.92. The summed E-state index contributed by atoms with van der Waals surface area (Å²) < 4.78 is 32.0. The number of alkyl halides is 2. The van der Waals surface area contributed by atoms with Crippen LogP contribution in [0.25, 0.3) is 0 Å². The molecule has 1 atom stereocenters. The van der Waals surface area contributed by atoms with Crippen LogP contribution in [0, 0.1) is 11.8 Å². The van der Waals surface area contributed by atoms with Gasteiger partial charge in [-0.3, -0.25) is 0 Å². The van der Waals surface area contributed by atoms with Crippen molar-refractivity contribution in [3.05, 3.63) is 0 Å². The van der Waals surface area contributed by atoms with E-state index in [0.29, 0.717) is 30.7 Å². The lowest BCUT2D eigenvalue weighted by Gasteiger charge is -2.36. The zero-order chi connectivity index (χ0) is 14.4. The number of rotatable bonds is 6. The van der Waals surface area contributed by atoms with Crippen LogP contribution < -0.4 is 5.32 Å². The zero-order valence-electron chi connectivity index (χ0n) is 12.7. The van der Waals surface area contributed by atoms with Crippen LogP contribution in [0.15, 0.2) is 0 Å². The number of hydrogen-bond acceptors (Lipinski definition) is 2. The van der Waals surface area contributed by atoms with E-state index in [-0.39, 0.29) is 12.8 Å². The van der Waals surface area contributed by atoms with Gasteiger partial charge in [0.1, 0.15) is 0 Å². The van der Waals surface area contributed by atoms with Gasteiger partial charge in [0.15, 0.2) is 0 Å². The largest absolute Gasteiger partial charge is 0.381 e. The van der Waals surface area contributed by atoms with Crippen molar-refractivity contribution in [2.45, 2.75) is 70.3 Å². The van der Waals surface area contributed by atoms with Crippen molar-refractivity contribution < 1.29 is 13.5 Å². The lowest BCUT2D eigenvalue weighted by molar-refractivity contribution is -0.0511. The van der Waals surface area contributed by atoms with Gasteiger partial charge < -0.3 is 10.1 Å². The van der Waals surface area contributed by atoms with E-state index in [1.165, 1.54) is 0 Å². The lowest BCUT2D eigenvalue weighted by atomic mass is 9.78. The minimum absolute atomic E-state index is 0.0791. The van der Waals surface area contributed by atoms with E-state index in [1.54, 1.807) is 0 Å². The molecule has 1 saturated heterocycles. The fourth-order valence-corrected chi connectivity index (χ4v) is 3.58. The highest BCUT2D eigenvalue weighted by molar-refractivity contribution is 4.86. The summed E-state index contributed by atoms with van der Waals surface area (Å²) in [7, 11) is 0. The fourth-order valence-electron chi connectivity index (χ4n) is 3.58. The van der Waals surface area contributed by atoms with E-state index in [4.69, 9.17) is 4.74 Å². The van der Waals surface area contributed by atoms with Crippen LogP contribution in [0.5, 0.6) is 0 Å². The summed E-state index contributed by atoms with van der Waals surface area (Å²) in [4.78, 5) is 0. The molecule has 1 aliphatic heterocycles. The van der Waals surface area contributed by atoms with E-state index in [2.05, 4.69) is 12.2 Å². The maximum Gasteiger partial charge on any atom is 0.248 e. The van der Waals surface area contributed by atoms with Gasteiger partial charge in [-0.15, -0.1) is 0 Å². The van der Waals surface area contributed by atoms with E-state index >= 15 is 0 Å². The molecule has 2 rings (SSSR count). The van der Waals surface area contributed by atoms with Crippen LogP contribution in [0.4, 0.5) is 8.78 Å². The van der Waals surface area contributed by atoms with Gasteiger partial charge in [0.2, 0.25) is 5.92 Å². The number of ether oxygens (including phenoxy) is 1. The fraction of sp³-hybridized carbons (Fsp3) is 1.00. The van der Waals surface area contributed by atoms with Crippen molar-refractivity contribution in [2.75, 3.05) is 19.8 Å². The van der Waals surface area contributed by atoms with Crippen LogP contribution >= 0.6 is 0 Å². The average molecular weight is 289 g/mol. The van der Waals surface area contributed by atoms with Crippen LogP contribution in [0.1, 0.15) is 58.3 Å². The normalized spacial score (nSPS) is 26.6. The number of halogens is 2. The van der Waals surface area contributed by atoms with Crippen molar-refractivity contribution in [1.82, 2.24) is 5.32 Å². The number of hydrogen-bond donors (Lipinski definition) is 1. The molecule has 20 heavy (non-hydrogen) atoms. The Labute approximate surface area is 121 Å². The van der Waals surface area contributed by atoms with E-state index in [9.17, 15) is 8.78 Å². The first-order valence-electron chi connectivity index (χ1n) is 8.29. The SMILES string of the molecule is CCCNC(CC1CCOCC1)C1CCC(F)(F)CC1. The van der Waals surface area contributed by atoms with Crippen molar-refractivity contribution in [3.8, 4) is 0 Å². The third kappa shape index (κ3) is 4.96. The summed E-state index contributed by atoms with van der Waals surface area (Å²) in [6.07, 6.45) is 6.02. The van der Waals surface area contributed by atoms with E-state index < -0.39 is 5.92 Å². The molecule has 1 aliphatic carbocycles. The van der Waals surface area contributed by atoms with Crippen molar-refractivity contribution in [1.29, 1.82) is 0 Å². The minimum atomic E-state index is -2.41. The summed E-state index contributed by atoms with van der Waals surface area (Å²) >= 11 is 0. The Morgan fingerprint density at radius 1 is 1.15 bits per heavy atom. The van der Waals surface area contributed by atoms with Gasteiger partial charge in [-0.25, -0.2) is 8.78 Å². The first kappa shape index (κ1) is 16.2. The van der Waals surface area contributed by atoms with E-state index in [0.717, 1.165) is 45.4 Å². The van der Waals surface area contributed by atoms with Gasteiger partial charge in [-0.05, 0) is 56.9 Å². The maximum absolute atomic E-state index is 13.3. The molecule has 2 aliphatic rings. The molecular formula is C16H29F2NO. The predicted octanol–water partition coefficient (Wildman–Crippen LogP) is 4.00. The van der Waals surface area contributed by atoms with Crippen LogP contribution in [0.2, 0.25) is 0 Å². The van der Waals surface area contributed by atoms with Crippen molar-refractivity contribution in [2.24, 2.45) is 11.8 Å². The summed E-state index contributed by atoms with van der Waals surface area (Å²) in [6, 6.07) is 0.425. The van der Waals surface area contributed by atoms with Gasteiger partial charge in [0.05, 0.1) is 0 Å². The lowest BCUT2D eigenvalue weighted by Crippen LogP contribution is -2.42. The Balaban J connectivity index is 1.85. The predicted molar refractivity (Wildman–Crippen MR) is 77.1 cm³/mol. The quantitative estimate of drug-likeness (QED) is 0.798. The second kappa shape index (κ2) is 7.69. The van der Waals surface area contributed by atoms with E-state index in [1.807, 2.05) is 0 Å². The highest BCUT2D eigenvalue weighted by Crippen LogP contribution is 2.39. The first-order chi connectivity index (χ1) is 9.61. The topological polar surface area (TPSA) is 21.3 Å². The van der Waals surface area contributed by atoms with Crippen LogP contribution in [0.3, 0.4) is 0 Å². The molecule has 0 aromatic rings. The Hall–Kier alpha value is -0.220. The highest BCUT2D eigenvalue weighted by Gasteiger charge is 2.38. The Kier molecular flexibility index (Phi) is 6.21. The molecule has 2 fully saturated rings. The van der Waals surface area contributed by atoms with Gasteiger partial charge in [-0.2, -0.15) is 0 Å². The molecule has 1 unspecified atom stereocenters. The molecule has 1 saturated carbocycles. The van der Waals surface area contributed by atoms with Gasteiger partial charge in [0, 0.05) is 32.1 Å². The summed E-state index contributed by atoms with van der Waals surface area (Å²) in [6.45, 7) is 4.90. The van der Waals surface area contributed by atoms with Crippen molar-refractivity contribution >= 4 is 0 Å². The molecule has 0 radical (unpaired) electrons. The average Bonchev–Trinajstić information content (AvgIpc) is 2.45. The molecule has 118 valence electrons. The Bertz CT molecular complexity index is 270. The van der Waals surface area contributed by atoms with Gasteiger partial charge in [-0.1, -0.05) is 6.92 Å². The smallest absolute Gasteiger partial charge is 0.248 e. The Morgan fingerprint density at radius 3 is 2.40 bits per heavy atom. The van der Waals surface area contributed by atoms with Crippen LogP contribution in [-0.4, -0.2) is 31.7 Å². The molecule has 0 spiro atoms. The molecule has 1 heterocycles. The molecule has 1 N–H and O–H groups in total. The zero-order valence-corrected chi connectivity index (χ0v) is 12.7. The highest BCUT2D eigenvalue weighted by atomic mass is 19.3. The molecule has 2 nitrogen and oxygen atoms in total. The molecule has 0 aromatic carbocycles. The summed E-state index contributed by atoms with van der Waals surface area (Å²) in [5, 5.41) is 3.63. The molecule has 0 bridgehead atoms. The minimum Gasteiger partial charge on any atom is -0.381 e. The molecule has 0 amide bonds. The molecule has 4 heteroatoms. The second-order valence-corrected chi connectivity index (χ2v) is 6.55. The van der Waals surface area contributed by atoms with Gasteiger partial charge in [0.25, 0.3) is 0 Å². The summed E-state index contributed by atoms with van der Waals surface area (Å²) in [5.74, 6) is -1.27. The monoisotopic (exact) mass is 289 g/mol. The third-order valence-corrected chi connectivity index (χ3v) is 4.92. The second-order valence-electron chi connectivity index (χ2n) is 6.55. The first-order valence-corrected chi connectivity index (χ1v) is 8.29. The van der Waals surface area contributed by atoms with Crippen molar-refractivity contribution in [3.63, 3.8) is 0 Å². The number of nitrogens with one attached hydrogen (secondary N) is 1. The standard InChI is InChI=1S/C16H29F2NO/c1-2-9-19-15(12-13-5-10-20-11-6-13)14-3-7-16(17,18)8-4-14/h13-15,19H,2-12H2,1H3. The maximum atomic E-state index is 13.3.